The van der Waals surface area contributed by atoms with E-state index < -0.39 is 53.8 Å². The first-order chi connectivity index (χ1) is 21.6. The Morgan fingerprint density at radius 3 is 2.09 bits per heavy atom. The Morgan fingerprint density at radius 1 is 0.778 bits per heavy atom. The summed E-state index contributed by atoms with van der Waals surface area (Å²) >= 11 is 0. The summed E-state index contributed by atoms with van der Waals surface area (Å²) in [4.78, 5) is 73.2. The number of hydrogen-bond donors (Lipinski definition) is 8. The summed E-state index contributed by atoms with van der Waals surface area (Å²) in [6, 6.07) is 11.3. The Hall–Kier alpha value is -5.50. The molecular formula is C31H35N7O7. The molecule has 0 bridgehead atoms. The molecule has 14 heteroatoms. The van der Waals surface area contributed by atoms with Crippen molar-refractivity contribution in [3.63, 3.8) is 0 Å². The van der Waals surface area contributed by atoms with Crippen LogP contribution in [0.25, 0.3) is 10.9 Å². The summed E-state index contributed by atoms with van der Waals surface area (Å²) in [6.07, 6.45) is 4.05. The van der Waals surface area contributed by atoms with Crippen LogP contribution in [0, 0.1) is 0 Å². The molecule has 0 aliphatic carbocycles. The number of fused-ring (bicyclic) bond motifs is 1. The van der Waals surface area contributed by atoms with Crippen molar-refractivity contribution in [2.24, 2.45) is 5.73 Å². The largest absolute Gasteiger partial charge is 0.481 e. The van der Waals surface area contributed by atoms with Crippen molar-refractivity contribution in [2.75, 3.05) is 0 Å². The highest BCUT2D eigenvalue weighted by molar-refractivity contribution is 5.95. The second-order valence-corrected chi connectivity index (χ2v) is 10.6. The number of aliphatic carboxylic acids is 2. The molecule has 0 radical (unpaired) electrons. The van der Waals surface area contributed by atoms with Gasteiger partial charge in [0.05, 0.1) is 12.4 Å². The van der Waals surface area contributed by atoms with Crippen molar-refractivity contribution in [1.82, 2.24) is 30.9 Å². The van der Waals surface area contributed by atoms with Crippen LogP contribution in [0.3, 0.4) is 0 Å². The number of nitrogens with zero attached hydrogens (tertiary/aromatic N) is 1. The van der Waals surface area contributed by atoms with E-state index in [4.69, 9.17) is 10.8 Å². The van der Waals surface area contributed by atoms with E-state index >= 15 is 0 Å². The maximum Gasteiger partial charge on any atom is 0.326 e. The minimum atomic E-state index is -1.32. The van der Waals surface area contributed by atoms with E-state index in [2.05, 4.69) is 30.9 Å². The highest BCUT2D eigenvalue weighted by Crippen LogP contribution is 2.19. The van der Waals surface area contributed by atoms with Crippen LogP contribution in [0.5, 0.6) is 0 Å². The number of H-pyrrole nitrogens is 2. The smallest absolute Gasteiger partial charge is 0.326 e. The van der Waals surface area contributed by atoms with Crippen LogP contribution in [0.1, 0.15) is 29.7 Å². The van der Waals surface area contributed by atoms with E-state index in [1.807, 2.05) is 24.3 Å². The van der Waals surface area contributed by atoms with Gasteiger partial charge in [-0.15, -0.1) is 0 Å². The van der Waals surface area contributed by atoms with Gasteiger partial charge in [0.2, 0.25) is 17.7 Å². The molecule has 0 aliphatic rings. The molecule has 0 saturated carbocycles. The lowest BCUT2D eigenvalue weighted by Gasteiger charge is -2.25. The quantitative estimate of drug-likeness (QED) is 0.0880. The highest BCUT2D eigenvalue weighted by atomic mass is 16.4. The molecule has 4 unspecified atom stereocenters. The van der Waals surface area contributed by atoms with Gasteiger partial charge in [0, 0.05) is 54.7 Å². The third-order valence-corrected chi connectivity index (χ3v) is 7.25. The van der Waals surface area contributed by atoms with Gasteiger partial charge in [-0.2, -0.15) is 0 Å². The van der Waals surface area contributed by atoms with Crippen molar-refractivity contribution < 1.29 is 34.2 Å². The number of aromatic nitrogens is 3. The zero-order valence-corrected chi connectivity index (χ0v) is 24.2. The molecule has 4 atom stereocenters. The molecule has 3 amide bonds. The van der Waals surface area contributed by atoms with Gasteiger partial charge in [0.1, 0.15) is 18.1 Å². The monoisotopic (exact) mass is 617 g/mol. The van der Waals surface area contributed by atoms with E-state index in [1.54, 1.807) is 36.5 Å². The van der Waals surface area contributed by atoms with Crippen molar-refractivity contribution >= 4 is 40.6 Å². The van der Waals surface area contributed by atoms with Gasteiger partial charge in [-0.25, -0.2) is 9.78 Å². The van der Waals surface area contributed by atoms with E-state index in [0.29, 0.717) is 16.8 Å². The molecule has 0 saturated heterocycles. The first-order valence-corrected chi connectivity index (χ1v) is 14.3. The molecule has 2 aromatic heterocycles. The van der Waals surface area contributed by atoms with Gasteiger partial charge < -0.3 is 41.9 Å². The van der Waals surface area contributed by atoms with Crippen molar-refractivity contribution in [3.05, 3.63) is 90.1 Å². The number of nitrogens with one attached hydrogen (secondary N) is 5. The first-order valence-electron chi connectivity index (χ1n) is 14.3. The molecule has 236 valence electrons. The Bertz CT molecular complexity index is 1620. The van der Waals surface area contributed by atoms with Crippen LogP contribution in [-0.2, 0) is 43.2 Å². The zero-order valence-electron chi connectivity index (χ0n) is 24.2. The summed E-state index contributed by atoms with van der Waals surface area (Å²) < 4.78 is 0. The minimum Gasteiger partial charge on any atom is -0.481 e. The molecule has 2 aromatic carbocycles. The van der Waals surface area contributed by atoms with Crippen molar-refractivity contribution in [1.29, 1.82) is 0 Å². The summed E-state index contributed by atoms with van der Waals surface area (Å²) in [5.41, 5.74) is 8.64. The number of rotatable bonds is 16. The lowest BCUT2D eigenvalue weighted by molar-refractivity contribution is -0.142. The fraction of sp³-hybridized carbons (Fsp3) is 0.290. The minimum absolute atomic E-state index is 0.0183. The number of nitrogens with two attached hydrogens (primary N) is 1. The highest BCUT2D eigenvalue weighted by Gasteiger charge is 2.31. The topological polar surface area (TPSA) is 232 Å². The fourth-order valence-electron chi connectivity index (χ4n) is 4.84. The number of carboxylic acids is 2. The molecule has 2 heterocycles. The average molecular weight is 618 g/mol. The first kappa shape index (κ1) is 32.4. The number of benzene rings is 2. The number of para-hydroxylation sites is 1. The number of hydrogen-bond acceptors (Lipinski definition) is 7. The van der Waals surface area contributed by atoms with E-state index in [0.717, 1.165) is 10.9 Å². The normalized spacial score (nSPS) is 13.7. The summed E-state index contributed by atoms with van der Waals surface area (Å²) in [5.74, 6) is -4.58. The number of carboxylic acid groups (broad SMARTS) is 2. The number of aromatic amines is 2. The van der Waals surface area contributed by atoms with Crippen LogP contribution in [0.15, 0.2) is 73.3 Å². The number of imidazole rings is 1. The number of carbonyl (C=O) groups is 5. The van der Waals surface area contributed by atoms with Crippen molar-refractivity contribution in [3.8, 4) is 0 Å². The summed E-state index contributed by atoms with van der Waals surface area (Å²) in [6.45, 7) is 0. The maximum absolute atomic E-state index is 13.8. The second-order valence-electron chi connectivity index (χ2n) is 10.6. The molecule has 45 heavy (non-hydrogen) atoms. The number of carbonyl (C=O) groups excluding carboxylic acids is 3. The van der Waals surface area contributed by atoms with Crippen LogP contribution in [0.2, 0.25) is 0 Å². The van der Waals surface area contributed by atoms with Crippen LogP contribution >= 0.6 is 0 Å². The molecule has 14 nitrogen and oxygen atoms in total. The summed E-state index contributed by atoms with van der Waals surface area (Å²) in [7, 11) is 0. The van der Waals surface area contributed by atoms with Gasteiger partial charge in [0.15, 0.2) is 0 Å². The fourth-order valence-corrected chi connectivity index (χ4v) is 4.84. The van der Waals surface area contributed by atoms with Crippen LogP contribution < -0.4 is 21.7 Å². The number of amides is 3. The third-order valence-electron chi connectivity index (χ3n) is 7.25. The second kappa shape index (κ2) is 15.3. The predicted octanol–water partition coefficient (Wildman–Crippen LogP) is 0.650. The zero-order chi connectivity index (χ0) is 32.3. The molecule has 9 N–H and O–H groups in total. The van der Waals surface area contributed by atoms with E-state index in [1.165, 1.54) is 12.5 Å². The molecular weight excluding hydrogens is 582 g/mol. The lowest BCUT2D eigenvalue weighted by Crippen LogP contribution is -2.58. The van der Waals surface area contributed by atoms with Crippen LogP contribution in [-0.4, -0.2) is 79.0 Å². The Morgan fingerprint density at radius 2 is 1.42 bits per heavy atom. The van der Waals surface area contributed by atoms with E-state index in [9.17, 15) is 29.1 Å². The lowest BCUT2D eigenvalue weighted by atomic mass is 10.0. The standard InChI is InChI=1S/C31H35N7O7/c32-22(10-11-27(39)40)28(41)36-25(13-19-15-34-23-9-5-4-8-21(19)23)30(43)37-24(12-18-6-2-1-3-7-18)29(42)38-26(31(44)45)14-20-16-33-17-35-20/h1-9,15-17,22,24-26,34H,10-14,32H2,(H,33,35)(H,36,41)(H,37,43)(H,38,42)(H,39,40)(H,44,45). The molecule has 4 rings (SSSR count). The molecule has 0 spiro atoms. The van der Waals surface area contributed by atoms with E-state index in [-0.39, 0.29) is 32.1 Å². The average Bonchev–Trinajstić information content (AvgIpc) is 3.69. The molecule has 0 aliphatic heterocycles. The van der Waals surface area contributed by atoms with Crippen molar-refractivity contribution in [2.45, 2.75) is 56.3 Å². The Kier molecular flexibility index (Phi) is 11.0. The SMILES string of the molecule is NC(CCC(=O)O)C(=O)NC(Cc1c[nH]c2ccccc12)C(=O)NC(Cc1ccccc1)C(=O)NC(Cc1cnc[nH]1)C(=O)O. The third kappa shape index (κ3) is 9.24. The van der Waals surface area contributed by atoms with Gasteiger partial charge in [-0.1, -0.05) is 48.5 Å². The Labute approximate surface area is 257 Å². The maximum atomic E-state index is 13.8. The molecule has 4 aromatic rings. The van der Waals surface area contributed by atoms with Crippen LogP contribution in [0.4, 0.5) is 0 Å². The molecule has 0 fully saturated rings. The predicted molar refractivity (Wildman–Crippen MR) is 163 cm³/mol. The van der Waals surface area contributed by atoms with Gasteiger partial charge in [0.25, 0.3) is 0 Å². The van der Waals surface area contributed by atoms with Gasteiger partial charge in [-0.05, 0) is 23.6 Å². The van der Waals surface area contributed by atoms with Gasteiger partial charge >= 0.3 is 11.9 Å². The summed E-state index contributed by atoms with van der Waals surface area (Å²) in [5, 5.41) is 27.4. The Balaban J connectivity index is 1.58. The van der Waals surface area contributed by atoms with Gasteiger partial charge in [-0.3, -0.25) is 19.2 Å².